The third-order valence-electron chi connectivity index (χ3n) is 2.77. The van der Waals surface area contributed by atoms with Crippen LogP contribution in [0.3, 0.4) is 0 Å². The third-order valence-corrected chi connectivity index (χ3v) is 2.77. The zero-order chi connectivity index (χ0) is 11.5. The van der Waals surface area contributed by atoms with Gasteiger partial charge in [-0.2, -0.15) is 0 Å². The van der Waals surface area contributed by atoms with Crippen molar-refractivity contribution in [2.75, 3.05) is 12.3 Å². The Morgan fingerprint density at radius 2 is 2.19 bits per heavy atom. The molecular weight excluding hydrogens is 200 g/mol. The van der Waals surface area contributed by atoms with Gasteiger partial charge in [0.15, 0.2) is 0 Å². The van der Waals surface area contributed by atoms with Gasteiger partial charge in [0.05, 0.1) is 5.56 Å². The number of nitrogen functional groups attached to an aromatic ring is 1. The highest BCUT2D eigenvalue weighted by Gasteiger charge is 2.32. The maximum absolute atomic E-state index is 12.2. The van der Waals surface area contributed by atoms with E-state index in [-0.39, 0.29) is 5.91 Å². The monoisotopic (exact) mass is 216 g/mol. The van der Waals surface area contributed by atoms with Crippen LogP contribution in [0.15, 0.2) is 36.9 Å². The molecule has 1 aliphatic rings. The highest BCUT2D eigenvalue weighted by molar-refractivity contribution is 5.99. The highest BCUT2D eigenvalue weighted by Crippen LogP contribution is 2.29. The van der Waals surface area contributed by atoms with Crippen molar-refractivity contribution in [3.05, 3.63) is 42.5 Å². The lowest BCUT2D eigenvalue weighted by atomic mass is 10.1. The second kappa shape index (κ2) is 4.39. The van der Waals surface area contributed by atoms with Gasteiger partial charge in [0.2, 0.25) is 0 Å². The maximum Gasteiger partial charge on any atom is 0.256 e. The number of anilines is 1. The van der Waals surface area contributed by atoms with Gasteiger partial charge in [0.1, 0.15) is 0 Å². The van der Waals surface area contributed by atoms with Crippen molar-refractivity contribution in [3.63, 3.8) is 0 Å². The molecule has 0 aliphatic heterocycles. The van der Waals surface area contributed by atoms with E-state index in [1.54, 1.807) is 18.2 Å². The van der Waals surface area contributed by atoms with Crippen molar-refractivity contribution >= 4 is 11.6 Å². The Kier molecular flexibility index (Phi) is 2.95. The van der Waals surface area contributed by atoms with Crippen molar-refractivity contribution in [1.82, 2.24) is 4.90 Å². The van der Waals surface area contributed by atoms with Crippen LogP contribution < -0.4 is 5.73 Å². The zero-order valence-electron chi connectivity index (χ0n) is 9.23. The van der Waals surface area contributed by atoms with E-state index in [2.05, 4.69) is 6.58 Å². The first-order chi connectivity index (χ1) is 7.74. The molecule has 2 N–H and O–H groups in total. The molecular formula is C13H16N2O. The molecule has 0 spiro atoms. The van der Waals surface area contributed by atoms with Crippen LogP contribution in [0, 0.1) is 0 Å². The third kappa shape index (κ3) is 2.08. The van der Waals surface area contributed by atoms with Gasteiger partial charge in [-0.05, 0) is 25.0 Å². The molecule has 0 aromatic heterocycles. The molecule has 0 bridgehead atoms. The van der Waals surface area contributed by atoms with E-state index in [9.17, 15) is 4.79 Å². The molecule has 0 heterocycles. The van der Waals surface area contributed by atoms with Gasteiger partial charge in [0, 0.05) is 18.3 Å². The molecule has 1 aromatic rings. The summed E-state index contributed by atoms with van der Waals surface area (Å²) in [5.41, 5.74) is 6.94. The quantitative estimate of drug-likeness (QED) is 0.618. The highest BCUT2D eigenvalue weighted by atomic mass is 16.2. The standard InChI is InChI=1S/C13H16N2O/c1-2-9-15(10-7-8-10)13(16)11-5-3-4-6-12(11)14/h2-6,10H,1,7-9,14H2. The number of rotatable bonds is 4. The molecule has 0 saturated heterocycles. The summed E-state index contributed by atoms with van der Waals surface area (Å²) < 4.78 is 0. The number of nitrogens with zero attached hydrogens (tertiary/aromatic N) is 1. The number of benzene rings is 1. The number of carbonyl (C=O) groups excluding carboxylic acids is 1. The van der Waals surface area contributed by atoms with Gasteiger partial charge in [0.25, 0.3) is 5.91 Å². The fraction of sp³-hybridized carbons (Fsp3) is 0.308. The summed E-state index contributed by atoms with van der Waals surface area (Å²) in [6, 6.07) is 7.58. The maximum atomic E-state index is 12.2. The lowest BCUT2D eigenvalue weighted by Crippen LogP contribution is -2.33. The van der Waals surface area contributed by atoms with Gasteiger partial charge in [-0.15, -0.1) is 6.58 Å². The van der Waals surface area contributed by atoms with E-state index in [0.29, 0.717) is 23.8 Å². The van der Waals surface area contributed by atoms with Gasteiger partial charge >= 0.3 is 0 Å². The number of para-hydroxylation sites is 1. The number of carbonyl (C=O) groups is 1. The van der Waals surface area contributed by atoms with E-state index in [4.69, 9.17) is 5.73 Å². The summed E-state index contributed by atoms with van der Waals surface area (Å²) in [6.45, 7) is 4.28. The molecule has 1 amide bonds. The minimum absolute atomic E-state index is 0.0144. The number of nitrogens with two attached hydrogens (primary N) is 1. The van der Waals surface area contributed by atoms with E-state index >= 15 is 0 Å². The first kappa shape index (κ1) is 10.7. The predicted octanol–water partition coefficient (Wildman–Crippen LogP) is 2.06. The van der Waals surface area contributed by atoms with Crippen molar-refractivity contribution < 1.29 is 4.79 Å². The Bertz CT molecular complexity index is 410. The average molecular weight is 216 g/mol. The van der Waals surface area contributed by atoms with Crippen molar-refractivity contribution in [1.29, 1.82) is 0 Å². The first-order valence-electron chi connectivity index (χ1n) is 5.50. The Morgan fingerprint density at radius 3 is 2.75 bits per heavy atom. The second-order valence-electron chi connectivity index (χ2n) is 4.06. The van der Waals surface area contributed by atoms with Crippen LogP contribution >= 0.6 is 0 Å². The predicted molar refractivity (Wildman–Crippen MR) is 65.1 cm³/mol. The lowest BCUT2D eigenvalue weighted by Gasteiger charge is -2.21. The lowest BCUT2D eigenvalue weighted by molar-refractivity contribution is 0.0764. The van der Waals surface area contributed by atoms with Crippen molar-refractivity contribution in [2.24, 2.45) is 0 Å². The normalized spacial score (nSPS) is 14.5. The van der Waals surface area contributed by atoms with Crippen molar-refractivity contribution in [2.45, 2.75) is 18.9 Å². The smallest absolute Gasteiger partial charge is 0.256 e. The second-order valence-corrected chi connectivity index (χ2v) is 4.06. The number of amides is 1. The molecule has 1 aliphatic carbocycles. The molecule has 1 saturated carbocycles. The Balaban J connectivity index is 2.22. The van der Waals surface area contributed by atoms with Crippen LogP contribution in [0.2, 0.25) is 0 Å². The van der Waals surface area contributed by atoms with Crippen LogP contribution in [-0.2, 0) is 0 Å². The molecule has 1 fully saturated rings. The minimum Gasteiger partial charge on any atom is -0.398 e. The Hall–Kier alpha value is -1.77. The summed E-state index contributed by atoms with van der Waals surface area (Å²) in [5, 5.41) is 0. The fourth-order valence-corrected chi connectivity index (χ4v) is 1.77. The fourth-order valence-electron chi connectivity index (χ4n) is 1.77. The van der Waals surface area contributed by atoms with E-state index in [0.717, 1.165) is 12.8 Å². The SMILES string of the molecule is C=CCN(C(=O)c1ccccc1N)C1CC1. The average Bonchev–Trinajstić information content (AvgIpc) is 3.09. The Labute approximate surface area is 95.6 Å². The summed E-state index contributed by atoms with van der Waals surface area (Å²) in [6.07, 6.45) is 3.94. The van der Waals surface area contributed by atoms with Crippen LogP contribution in [0.25, 0.3) is 0 Å². The van der Waals surface area contributed by atoms with E-state index < -0.39 is 0 Å². The summed E-state index contributed by atoms with van der Waals surface area (Å²) in [5.74, 6) is 0.0144. The molecule has 0 atom stereocenters. The number of hydrogen-bond donors (Lipinski definition) is 1. The topological polar surface area (TPSA) is 46.3 Å². The minimum atomic E-state index is 0.0144. The molecule has 2 rings (SSSR count). The van der Waals surface area contributed by atoms with Gasteiger partial charge in [-0.25, -0.2) is 0 Å². The number of hydrogen-bond acceptors (Lipinski definition) is 2. The molecule has 3 nitrogen and oxygen atoms in total. The van der Waals surface area contributed by atoms with Crippen LogP contribution in [-0.4, -0.2) is 23.4 Å². The Morgan fingerprint density at radius 1 is 1.50 bits per heavy atom. The molecule has 3 heteroatoms. The first-order valence-corrected chi connectivity index (χ1v) is 5.50. The zero-order valence-corrected chi connectivity index (χ0v) is 9.23. The van der Waals surface area contributed by atoms with E-state index in [1.807, 2.05) is 17.0 Å². The molecule has 1 aromatic carbocycles. The molecule has 84 valence electrons. The van der Waals surface area contributed by atoms with Gasteiger partial charge in [-0.1, -0.05) is 18.2 Å². The molecule has 16 heavy (non-hydrogen) atoms. The van der Waals surface area contributed by atoms with Crippen LogP contribution in [0.5, 0.6) is 0 Å². The van der Waals surface area contributed by atoms with Crippen LogP contribution in [0.4, 0.5) is 5.69 Å². The largest absolute Gasteiger partial charge is 0.398 e. The summed E-state index contributed by atoms with van der Waals surface area (Å²) in [4.78, 5) is 14.1. The van der Waals surface area contributed by atoms with Crippen LogP contribution in [0.1, 0.15) is 23.2 Å². The van der Waals surface area contributed by atoms with Crippen molar-refractivity contribution in [3.8, 4) is 0 Å². The summed E-state index contributed by atoms with van der Waals surface area (Å²) in [7, 11) is 0. The van der Waals surface area contributed by atoms with E-state index in [1.165, 1.54) is 0 Å². The molecule has 0 radical (unpaired) electrons. The van der Waals surface area contributed by atoms with Gasteiger partial charge in [-0.3, -0.25) is 4.79 Å². The van der Waals surface area contributed by atoms with Gasteiger partial charge < -0.3 is 10.6 Å². The summed E-state index contributed by atoms with van der Waals surface area (Å²) >= 11 is 0. The molecule has 0 unspecified atom stereocenters.